The molecule has 2 aromatic heterocycles. The van der Waals surface area contributed by atoms with E-state index < -0.39 is 29.8 Å². The van der Waals surface area contributed by atoms with Crippen LogP contribution >= 0.6 is 0 Å². The monoisotopic (exact) mass is 418 g/mol. The van der Waals surface area contributed by atoms with Gasteiger partial charge in [0.25, 0.3) is 5.56 Å². The van der Waals surface area contributed by atoms with E-state index in [-0.39, 0.29) is 48.4 Å². The number of hydrogen-bond acceptors (Lipinski definition) is 9. The molecule has 30 heavy (non-hydrogen) atoms. The van der Waals surface area contributed by atoms with Crippen LogP contribution in [0.15, 0.2) is 17.4 Å². The summed E-state index contributed by atoms with van der Waals surface area (Å²) in [7, 11) is 0. The van der Waals surface area contributed by atoms with Crippen molar-refractivity contribution < 1.29 is 23.7 Å². The number of carbonyl (C=O) groups is 1. The average Bonchev–Trinajstić information content (AvgIpc) is 3.28. The maximum absolute atomic E-state index is 12.8. The van der Waals surface area contributed by atoms with Gasteiger partial charge in [0.15, 0.2) is 23.2 Å². The Hall–Kier alpha value is -2.96. The van der Waals surface area contributed by atoms with Gasteiger partial charge in [-0.1, -0.05) is 6.08 Å². The number of aromatic nitrogens is 4. The number of nitrogens with zero attached hydrogens (tertiary/aromatic N) is 4. The number of nitrogen functional groups attached to an aromatic ring is 1. The molecule has 3 aliphatic rings. The van der Waals surface area contributed by atoms with Gasteiger partial charge < -0.3 is 24.7 Å². The van der Waals surface area contributed by atoms with Crippen molar-refractivity contribution in [3.63, 3.8) is 0 Å². The molecule has 12 nitrogen and oxygen atoms in total. The molecule has 1 amide bonds. The number of H-pyrrole nitrogens is 1. The Morgan fingerprint density at radius 3 is 2.83 bits per heavy atom. The van der Waals surface area contributed by atoms with E-state index in [0.717, 1.165) is 0 Å². The maximum atomic E-state index is 12.8. The molecule has 0 aliphatic carbocycles. The third kappa shape index (κ3) is 2.79. The highest BCUT2D eigenvalue weighted by atomic mass is 16.8. The number of rotatable bonds is 2. The molecule has 3 aliphatic heterocycles. The molecule has 160 valence electrons. The highest BCUT2D eigenvalue weighted by Crippen LogP contribution is 2.46. The number of hydrogen-bond donors (Lipinski definition) is 2. The zero-order valence-electron chi connectivity index (χ0n) is 16.5. The molecule has 0 unspecified atom stereocenters. The van der Waals surface area contributed by atoms with Crippen molar-refractivity contribution in [2.45, 2.75) is 50.6 Å². The van der Waals surface area contributed by atoms with Gasteiger partial charge in [-0.3, -0.25) is 14.3 Å². The molecule has 12 heteroatoms. The molecule has 5 heterocycles. The quantitative estimate of drug-likeness (QED) is 0.671. The number of nitrogens with two attached hydrogens (primary N) is 1. The van der Waals surface area contributed by atoms with E-state index in [2.05, 4.69) is 21.5 Å². The normalized spacial score (nSPS) is 30.1. The SMILES string of the molecule is C=CCN1C(=O)OCC[C@H]2O[C@H]([C@@H]3OC(C)(C)O[C@@H]32)n2c1nc1c(=O)[nH]c(N)nc12. The molecule has 2 bridgehead atoms. The molecular weight excluding hydrogens is 396 g/mol. The summed E-state index contributed by atoms with van der Waals surface area (Å²) >= 11 is 0. The molecular formula is C18H22N6O6. The van der Waals surface area contributed by atoms with E-state index in [1.54, 1.807) is 4.57 Å². The van der Waals surface area contributed by atoms with Gasteiger partial charge in [0.1, 0.15) is 12.2 Å². The number of imidazole rings is 1. The second kappa shape index (κ2) is 6.52. The number of amides is 1. The van der Waals surface area contributed by atoms with E-state index in [1.165, 1.54) is 11.0 Å². The second-order valence-electron chi connectivity index (χ2n) is 7.84. The lowest BCUT2D eigenvalue weighted by molar-refractivity contribution is -0.197. The summed E-state index contributed by atoms with van der Waals surface area (Å²) in [5.41, 5.74) is 5.44. The molecule has 2 fully saturated rings. The Bertz CT molecular complexity index is 1090. The molecule has 0 radical (unpaired) electrons. The van der Waals surface area contributed by atoms with Crippen molar-refractivity contribution in [1.29, 1.82) is 0 Å². The molecule has 4 atom stereocenters. The fraction of sp³-hybridized carbons (Fsp3) is 0.556. The van der Waals surface area contributed by atoms with Gasteiger partial charge in [-0.15, -0.1) is 6.58 Å². The number of carbonyl (C=O) groups excluding carboxylic acids is 1. The van der Waals surface area contributed by atoms with E-state index in [1.807, 2.05) is 13.8 Å². The Balaban J connectivity index is 1.77. The zero-order valence-corrected chi connectivity index (χ0v) is 16.5. The number of fused-ring (bicyclic) bond motifs is 9. The van der Waals surface area contributed by atoms with E-state index in [9.17, 15) is 9.59 Å². The van der Waals surface area contributed by atoms with Crippen LogP contribution in [0.1, 0.15) is 26.5 Å². The van der Waals surface area contributed by atoms with Crippen LogP contribution in [0.4, 0.5) is 16.7 Å². The van der Waals surface area contributed by atoms with E-state index in [4.69, 9.17) is 24.7 Å². The lowest BCUT2D eigenvalue weighted by Gasteiger charge is -2.29. The molecule has 5 rings (SSSR count). The number of cyclic esters (lactones) is 1. The summed E-state index contributed by atoms with van der Waals surface area (Å²) in [5, 5.41) is 0. The minimum atomic E-state index is -0.822. The first kappa shape index (κ1) is 19.0. The average molecular weight is 418 g/mol. The molecule has 3 N–H and O–H groups in total. The fourth-order valence-electron chi connectivity index (χ4n) is 4.22. The van der Waals surface area contributed by atoms with Crippen LogP contribution in [-0.2, 0) is 18.9 Å². The predicted octanol–water partition coefficient (Wildman–Crippen LogP) is 0.652. The third-order valence-corrected chi connectivity index (χ3v) is 5.33. The van der Waals surface area contributed by atoms with E-state index >= 15 is 0 Å². The summed E-state index contributed by atoms with van der Waals surface area (Å²) in [6.07, 6.45) is -0.699. The molecule has 0 aromatic carbocycles. The molecule has 2 aromatic rings. The van der Waals surface area contributed by atoms with Crippen molar-refractivity contribution >= 4 is 29.2 Å². The first-order valence-electron chi connectivity index (χ1n) is 9.63. The summed E-state index contributed by atoms with van der Waals surface area (Å²) in [6, 6.07) is 0. The first-order chi connectivity index (χ1) is 14.3. The van der Waals surface area contributed by atoms with Gasteiger partial charge in [0.05, 0.1) is 12.7 Å². The largest absolute Gasteiger partial charge is 0.449 e. The van der Waals surface area contributed by atoms with Crippen molar-refractivity contribution in [1.82, 2.24) is 19.5 Å². The van der Waals surface area contributed by atoms with Crippen molar-refractivity contribution in [3.8, 4) is 0 Å². The van der Waals surface area contributed by atoms with Crippen LogP contribution in [0.5, 0.6) is 0 Å². The summed E-state index contributed by atoms with van der Waals surface area (Å²) in [4.78, 5) is 37.6. The molecule has 0 spiro atoms. The topological polar surface area (TPSA) is 147 Å². The van der Waals surface area contributed by atoms with Crippen LogP contribution in [0.3, 0.4) is 0 Å². The van der Waals surface area contributed by atoms with E-state index in [0.29, 0.717) is 6.42 Å². The zero-order chi connectivity index (χ0) is 21.2. The van der Waals surface area contributed by atoms with Crippen molar-refractivity contribution in [3.05, 3.63) is 23.0 Å². The fourth-order valence-corrected chi connectivity index (χ4v) is 4.22. The number of aromatic amines is 1. The first-order valence-corrected chi connectivity index (χ1v) is 9.63. The summed E-state index contributed by atoms with van der Waals surface area (Å²) < 4.78 is 25.4. The van der Waals surface area contributed by atoms with Crippen LogP contribution in [0.25, 0.3) is 11.2 Å². The standard InChI is InChI=1S/C18H22N6O6/c1-4-6-23-16-20-9-12(21-15(19)22-13(9)25)24(16)14-11-10(29-18(2,3)30-11)8(28-14)5-7-27-17(23)26/h4,8,10-11,14H,1,5-7H2,2-3H3,(H3,19,21,22,25)/t8-,10-,11-,14-/m1/s1. The highest BCUT2D eigenvalue weighted by Gasteiger charge is 2.57. The minimum absolute atomic E-state index is 0.0158. The lowest BCUT2D eigenvalue weighted by atomic mass is 10.1. The lowest BCUT2D eigenvalue weighted by Crippen LogP contribution is -2.37. The van der Waals surface area contributed by atoms with Crippen molar-refractivity contribution in [2.75, 3.05) is 23.8 Å². The van der Waals surface area contributed by atoms with Crippen LogP contribution in [-0.4, -0.2) is 62.9 Å². The number of ether oxygens (including phenoxy) is 4. The Morgan fingerprint density at radius 2 is 2.07 bits per heavy atom. The van der Waals surface area contributed by atoms with Gasteiger partial charge in [0.2, 0.25) is 11.9 Å². The van der Waals surface area contributed by atoms with Crippen LogP contribution in [0.2, 0.25) is 0 Å². The van der Waals surface area contributed by atoms with Crippen molar-refractivity contribution in [2.24, 2.45) is 0 Å². The summed E-state index contributed by atoms with van der Waals surface area (Å²) in [6.45, 7) is 7.57. The number of anilines is 2. The second-order valence-corrected chi connectivity index (χ2v) is 7.84. The summed E-state index contributed by atoms with van der Waals surface area (Å²) in [5.74, 6) is -0.782. The Labute approximate surface area is 170 Å². The van der Waals surface area contributed by atoms with Gasteiger partial charge in [0, 0.05) is 13.0 Å². The highest BCUT2D eigenvalue weighted by molar-refractivity contribution is 5.88. The minimum Gasteiger partial charge on any atom is -0.449 e. The smallest absolute Gasteiger partial charge is 0.416 e. The van der Waals surface area contributed by atoms with Gasteiger partial charge in [-0.25, -0.2) is 14.7 Å². The third-order valence-electron chi connectivity index (χ3n) is 5.33. The Kier molecular flexibility index (Phi) is 4.14. The van der Waals surface area contributed by atoms with Gasteiger partial charge >= 0.3 is 6.09 Å². The maximum Gasteiger partial charge on any atom is 0.416 e. The molecule has 2 saturated heterocycles. The van der Waals surface area contributed by atoms with Crippen LogP contribution < -0.4 is 16.2 Å². The number of nitrogens with one attached hydrogen (secondary N) is 1. The van der Waals surface area contributed by atoms with Gasteiger partial charge in [-0.2, -0.15) is 4.98 Å². The van der Waals surface area contributed by atoms with Crippen LogP contribution in [0, 0.1) is 0 Å². The Morgan fingerprint density at radius 1 is 1.30 bits per heavy atom. The molecule has 0 saturated carbocycles. The van der Waals surface area contributed by atoms with Gasteiger partial charge in [-0.05, 0) is 13.8 Å². The predicted molar refractivity (Wildman–Crippen MR) is 104 cm³/mol.